The molecule has 0 nitrogen and oxygen atoms in total. The molecule has 0 heterocycles. The lowest BCUT2D eigenvalue weighted by Crippen LogP contribution is -2.30. The Labute approximate surface area is 191 Å². The summed E-state index contributed by atoms with van der Waals surface area (Å²) in [5.41, 5.74) is 5.66. The number of hydrogen-bond donors (Lipinski definition) is 0. The van der Waals surface area contributed by atoms with Crippen molar-refractivity contribution in [1.29, 1.82) is 0 Å². The van der Waals surface area contributed by atoms with Crippen molar-refractivity contribution in [2.24, 2.45) is 17.8 Å². The highest BCUT2D eigenvalue weighted by atomic mass is 14.4. The van der Waals surface area contributed by atoms with Crippen LogP contribution in [0.4, 0.5) is 0 Å². The van der Waals surface area contributed by atoms with Crippen molar-refractivity contribution in [3.05, 3.63) is 72.3 Å². The second-order valence-electron chi connectivity index (χ2n) is 10.4. The third kappa shape index (κ3) is 5.91. The van der Waals surface area contributed by atoms with Crippen LogP contribution in [0.2, 0.25) is 0 Å². The van der Waals surface area contributed by atoms with Crippen molar-refractivity contribution in [3.63, 3.8) is 0 Å². The van der Waals surface area contributed by atoms with Gasteiger partial charge in [0.25, 0.3) is 0 Å². The molecule has 2 aromatic rings. The fourth-order valence-corrected chi connectivity index (χ4v) is 6.31. The molecular formula is C31H42. The first kappa shape index (κ1) is 22.4. The summed E-state index contributed by atoms with van der Waals surface area (Å²) in [7, 11) is 0. The van der Waals surface area contributed by atoms with Gasteiger partial charge < -0.3 is 0 Å². The Morgan fingerprint density at radius 2 is 1.48 bits per heavy atom. The molecule has 31 heavy (non-hydrogen) atoms. The van der Waals surface area contributed by atoms with Gasteiger partial charge in [-0.2, -0.15) is 0 Å². The Kier molecular flexibility index (Phi) is 8.06. The van der Waals surface area contributed by atoms with Crippen LogP contribution in [0, 0.1) is 17.8 Å². The van der Waals surface area contributed by atoms with E-state index in [1.807, 2.05) is 6.08 Å². The molecule has 0 aliphatic heterocycles. The van der Waals surface area contributed by atoms with Crippen molar-refractivity contribution in [3.8, 4) is 11.1 Å². The summed E-state index contributed by atoms with van der Waals surface area (Å²) in [5.74, 6) is 3.83. The summed E-state index contributed by atoms with van der Waals surface area (Å²) in [5, 5.41) is 0. The van der Waals surface area contributed by atoms with Crippen LogP contribution in [0.25, 0.3) is 11.1 Å². The van der Waals surface area contributed by atoms with E-state index in [1.165, 1.54) is 80.9 Å². The van der Waals surface area contributed by atoms with Crippen molar-refractivity contribution in [2.45, 2.75) is 89.9 Å². The average Bonchev–Trinajstić information content (AvgIpc) is 2.83. The van der Waals surface area contributed by atoms with Gasteiger partial charge in [-0.15, -0.1) is 6.58 Å². The molecule has 0 saturated heterocycles. The molecule has 2 fully saturated rings. The molecule has 4 atom stereocenters. The highest BCUT2D eigenvalue weighted by Crippen LogP contribution is 2.48. The van der Waals surface area contributed by atoms with E-state index in [0.717, 1.165) is 36.5 Å². The molecule has 0 bridgehead atoms. The van der Waals surface area contributed by atoms with E-state index in [9.17, 15) is 0 Å². The van der Waals surface area contributed by atoms with Crippen LogP contribution in [0.5, 0.6) is 0 Å². The van der Waals surface area contributed by atoms with Gasteiger partial charge in [0.2, 0.25) is 0 Å². The lowest BCUT2D eigenvalue weighted by atomic mass is 9.63. The lowest BCUT2D eigenvalue weighted by Gasteiger charge is -2.42. The van der Waals surface area contributed by atoms with Crippen LogP contribution in [-0.4, -0.2) is 0 Å². The topological polar surface area (TPSA) is 0 Å². The van der Waals surface area contributed by atoms with E-state index in [0.29, 0.717) is 0 Å². The third-order valence-electron chi connectivity index (χ3n) is 8.24. The van der Waals surface area contributed by atoms with E-state index in [2.05, 4.69) is 62.0 Å². The normalized spacial score (nSPS) is 25.7. The van der Waals surface area contributed by atoms with Crippen LogP contribution in [0.15, 0.2) is 61.2 Å². The van der Waals surface area contributed by atoms with Crippen molar-refractivity contribution < 1.29 is 0 Å². The molecule has 0 heteroatoms. The lowest BCUT2D eigenvalue weighted by molar-refractivity contribution is 0.113. The molecule has 2 saturated carbocycles. The van der Waals surface area contributed by atoms with Crippen LogP contribution >= 0.6 is 0 Å². The van der Waals surface area contributed by atoms with Crippen LogP contribution < -0.4 is 0 Å². The zero-order valence-electron chi connectivity index (χ0n) is 19.7. The summed E-state index contributed by atoms with van der Waals surface area (Å²) < 4.78 is 0. The van der Waals surface area contributed by atoms with E-state index < -0.39 is 0 Å². The van der Waals surface area contributed by atoms with Crippen LogP contribution in [-0.2, 0) is 6.42 Å². The predicted octanol–water partition coefficient (Wildman–Crippen LogP) is 9.35. The van der Waals surface area contributed by atoms with Crippen LogP contribution in [0.1, 0.15) is 94.6 Å². The summed E-state index contributed by atoms with van der Waals surface area (Å²) >= 11 is 0. The number of allylic oxidation sites excluding steroid dienone is 1. The number of rotatable bonds is 9. The molecule has 2 aliphatic rings. The van der Waals surface area contributed by atoms with Crippen molar-refractivity contribution in [1.82, 2.24) is 0 Å². The molecule has 2 aromatic carbocycles. The maximum atomic E-state index is 3.83. The van der Waals surface area contributed by atoms with Crippen molar-refractivity contribution in [2.75, 3.05) is 0 Å². The first-order chi connectivity index (χ1) is 15.3. The largest absolute Gasteiger partial charge is 0.103 e. The smallest absolute Gasteiger partial charge is 0.0159 e. The van der Waals surface area contributed by atoms with E-state index in [-0.39, 0.29) is 0 Å². The van der Waals surface area contributed by atoms with Gasteiger partial charge in [0.05, 0.1) is 0 Å². The Morgan fingerprint density at radius 1 is 0.806 bits per heavy atom. The summed E-state index contributed by atoms with van der Waals surface area (Å²) in [6, 6.07) is 18.6. The van der Waals surface area contributed by atoms with Crippen LogP contribution in [0.3, 0.4) is 0 Å². The van der Waals surface area contributed by atoms with Gasteiger partial charge in [0, 0.05) is 0 Å². The molecule has 0 spiro atoms. The number of unbranched alkanes of at least 4 members (excludes halogenated alkanes) is 2. The number of aryl methyl sites for hydroxylation is 1. The monoisotopic (exact) mass is 414 g/mol. The fourth-order valence-electron chi connectivity index (χ4n) is 6.31. The van der Waals surface area contributed by atoms with E-state index in [4.69, 9.17) is 0 Å². The molecular weight excluding hydrogens is 372 g/mol. The maximum absolute atomic E-state index is 3.83. The minimum atomic E-state index is 0.785. The Hall–Kier alpha value is -1.82. The number of benzene rings is 2. The fraction of sp³-hybridized carbons (Fsp3) is 0.548. The van der Waals surface area contributed by atoms with Gasteiger partial charge in [-0.3, -0.25) is 0 Å². The highest BCUT2D eigenvalue weighted by molar-refractivity contribution is 5.64. The SMILES string of the molecule is C=CCCc1ccc(-c2ccc([C@@H]3CC[C@@H]4CC(CCCCC)CC[C@@H]4C3)cc2)cc1. The molecule has 0 radical (unpaired) electrons. The standard InChI is InChI=1S/C31H42/c1-3-5-7-9-25-12-15-31-23-30(21-20-29(31)22-25)28-18-16-27(17-19-28)26-13-10-24(11-14-26)8-6-4-2/h4,10-11,13-14,16-19,25,29-31H,2-3,5-9,12,15,20-23H2,1H3/t25?,29-,30-,31-/m1/s1. The summed E-state index contributed by atoms with van der Waals surface area (Å²) in [6.07, 6.45) is 18.7. The molecule has 2 aliphatic carbocycles. The van der Waals surface area contributed by atoms with Crippen molar-refractivity contribution >= 4 is 0 Å². The van der Waals surface area contributed by atoms with Gasteiger partial charge in [-0.05, 0) is 90.9 Å². The molecule has 1 unspecified atom stereocenters. The first-order valence-electron chi connectivity index (χ1n) is 13.1. The Bertz CT molecular complexity index is 797. The average molecular weight is 415 g/mol. The summed E-state index contributed by atoms with van der Waals surface area (Å²) in [6.45, 7) is 6.15. The Balaban J connectivity index is 1.32. The molecule has 0 amide bonds. The number of hydrogen-bond acceptors (Lipinski definition) is 0. The number of fused-ring (bicyclic) bond motifs is 1. The summed E-state index contributed by atoms with van der Waals surface area (Å²) in [4.78, 5) is 0. The van der Waals surface area contributed by atoms with Gasteiger partial charge in [-0.25, -0.2) is 0 Å². The molecule has 0 aromatic heterocycles. The van der Waals surface area contributed by atoms with Gasteiger partial charge in [-0.1, -0.05) is 93.6 Å². The maximum Gasteiger partial charge on any atom is -0.0159 e. The predicted molar refractivity (Wildman–Crippen MR) is 135 cm³/mol. The minimum absolute atomic E-state index is 0.785. The quantitative estimate of drug-likeness (QED) is 0.283. The second-order valence-corrected chi connectivity index (χ2v) is 10.4. The second kappa shape index (κ2) is 11.2. The first-order valence-corrected chi connectivity index (χ1v) is 13.1. The van der Waals surface area contributed by atoms with E-state index in [1.54, 1.807) is 5.56 Å². The molecule has 4 rings (SSSR count). The zero-order chi connectivity index (χ0) is 21.5. The minimum Gasteiger partial charge on any atom is -0.103 e. The third-order valence-corrected chi connectivity index (χ3v) is 8.24. The zero-order valence-corrected chi connectivity index (χ0v) is 19.7. The van der Waals surface area contributed by atoms with Gasteiger partial charge >= 0.3 is 0 Å². The molecule has 0 N–H and O–H groups in total. The molecule has 166 valence electrons. The van der Waals surface area contributed by atoms with Gasteiger partial charge in [0.1, 0.15) is 0 Å². The van der Waals surface area contributed by atoms with E-state index >= 15 is 0 Å². The Morgan fingerprint density at radius 3 is 2.19 bits per heavy atom. The van der Waals surface area contributed by atoms with Gasteiger partial charge in [0.15, 0.2) is 0 Å². The highest BCUT2D eigenvalue weighted by Gasteiger charge is 2.35.